The number of benzene rings is 1. The second-order valence-electron chi connectivity index (χ2n) is 5.52. The summed E-state index contributed by atoms with van der Waals surface area (Å²) in [6.45, 7) is 1.98. The smallest absolute Gasteiger partial charge is 0.137 e. The number of rotatable bonds is 5. The van der Waals surface area contributed by atoms with Crippen LogP contribution in [-0.4, -0.2) is 19.2 Å². The molecule has 98 valence electrons. The van der Waals surface area contributed by atoms with Gasteiger partial charge < -0.3 is 10.1 Å². The molecule has 2 aliphatic rings. The molecule has 0 aromatic heterocycles. The molecule has 18 heavy (non-hydrogen) atoms. The van der Waals surface area contributed by atoms with Crippen LogP contribution in [0, 0.1) is 5.92 Å². The lowest BCUT2D eigenvalue weighted by Crippen LogP contribution is -2.23. The second-order valence-corrected chi connectivity index (χ2v) is 5.92. The Morgan fingerprint density at radius 1 is 1.28 bits per heavy atom. The lowest BCUT2D eigenvalue weighted by molar-refractivity contribution is 0.300. The van der Waals surface area contributed by atoms with Crippen molar-refractivity contribution < 1.29 is 4.74 Å². The number of halogens is 1. The summed E-state index contributed by atoms with van der Waals surface area (Å²) >= 11 is 6.27. The Labute approximate surface area is 114 Å². The van der Waals surface area contributed by atoms with Gasteiger partial charge in [-0.15, -0.1) is 0 Å². The van der Waals surface area contributed by atoms with Crippen LogP contribution in [0.2, 0.25) is 5.02 Å². The van der Waals surface area contributed by atoms with E-state index in [1.165, 1.54) is 31.2 Å². The van der Waals surface area contributed by atoms with Gasteiger partial charge in [0.1, 0.15) is 5.75 Å². The predicted octanol–water partition coefficient (Wildman–Crippen LogP) is 3.42. The lowest BCUT2D eigenvalue weighted by atomic mass is 10.0. The Morgan fingerprint density at radius 3 is 2.83 bits per heavy atom. The normalized spacial score (nSPS) is 23.3. The predicted molar refractivity (Wildman–Crippen MR) is 74.4 cm³/mol. The van der Waals surface area contributed by atoms with E-state index in [-0.39, 0.29) is 0 Å². The van der Waals surface area contributed by atoms with E-state index in [1.54, 1.807) is 0 Å². The minimum Gasteiger partial charge on any atom is -0.492 e. The fourth-order valence-electron chi connectivity index (χ4n) is 2.50. The van der Waals surface area contributed by atoms with E-state index in [0.29, 0.717) is 6.04 Å². The quantitative estimate of drug-likeness (QED) is 0.881. The van der Waals surface area contributed by atoms with Gasteiger partial charge in [0.2, 0.25) is 0 Å². The first kappa shape index (κ1) is 12.3. The molecule has 1 aromatic carbocycles. The van der Waals surface area contributed by atoms with Crippen molar-refractivity contribution in [1.29, 1.82) is 0 Å². The minimum atomic E-state index is 0.624. The molecule has 3 heteroatoms. The van der Waals surface area contributed by atoms with Crippen LogP contribution in [0.1, 0.15) is 31.2 Å². The van der Waals surface area contributed by atoms with E-state index in [2.05, 4.69) is 17.4 Å². The van der Waals surface area contributed by atoms with Crippen molar-refractivity contribution >= 4 is 11.6 Å². The van der Waals surface area contributed by atoms with Crippen molar-refractivity contribution in [1.82, 2.24) is 5.32 Å². The highest BCUT2D eigenvalue weighted by Gasteiger charge is 2.22. The molecule has 1 atom stereocenters. The Balaban J connectivity index is 1.59. The molecule has 0 bridgehead atoms. The van der Waals surface area contributed by atoms with E-state index in [4.69, 9.17) is 16.3 Å². The van der Waals surface area contributed by atoms with Crippen LogP contribution in [0.4, 0.5) is 0 Å². The zero-order valence-electron chi connectivity index (χ0n) is 10.6. The first-order valence-corrected chi connectivity index (χ1v) is 7.33. The monoisotopic (exact) mass is 265 g/mol. The molecule has 1 saturated heterocycles. The third-order valence-electron chi connectivity index (χ3n) is 3.81. The van der Waals surface area contributed by atoms with Crippen LogP contribution in [0.15, 0.2) is 18.2 Å². The van der Waals surface area contributed by atoms with E-state index in [1.807, 2.05) is 6.07 Å². The summed E-state index contributed by atoms with van der Waals surface area (Å²) < 4.78 is 5.74. The van der Waals surface area contributed by atoms with Crippen molar-refractivity contribution in [3.63, 3.8) is 0 Å². The summed E-state index contributed by atoms with van der Waals surface area (Å²) in [5.41, 5.74) is 1.30. The molecule has 1 aromatic rings. The van der Waals surface area contributed by atoms with Gasteiger partial charge in [-0.05, 0) is 62.3 Å². The van der Waals surface area contributed by atoms with E-state index < -0.39 is 0 Å². The molecule has 2 fully saturated rings. The molecule has 0 radical (unpaired) electrons. The van der Waals surface area contributed by atoms with Gasteiger partial charge in [0.05, 0.1) is 11.6 Å². The van der Waals surface area contributed by atoms with Crippen LogP contribution in [0.25, 0.3) is 0 Å². The SMILES string of the molecule is Clc1cc(CC2CCCN2)ccc1OCC1CC1. The highest BCUT2D eigenvalue weighted by Crippen LogP contribution is 2.32. The van der Waals surface area contributed by atoms with Crippen molar-refractivity contribution in [2.24, 2.45) is 5.92 Å². The summed E-state index contributed by atoms with van der Waals surface area (Å²) in [5.74, 6) is 1.61. The summed E-state index contributed by atoms with van der Waals surface area (Å²) in [6, 6.07) is 6.85. The molecular weight excluding hydrogens is 246 g/mol. The molecule has 1 saturated carbocycles. The average molecular weight is 266 g/mol. The average Bonchev–Trinajstić information content (AvgIpc) is 3.05. The number of ether oxygens (including phenoxy) is 1. The zero-order chi connectivity index (χ0) is 12.4. The second kappa shape index (κ2) is 5.50. The summed E-state index contributed by atoms with van der Waals surface area (Å²) in [5, 5.41) is 4.27. The molecule has 1 heterocycles. The Hall–Kier alpha value is -0.730. The minimum absolute atomic E-state index is 0.624. The Kier molecular flexibility index (Phi) is 3.76. The van der Waals surface area contributed by atoms with Crippen LogP contribution in [0.3, 0.4) is 0 Å². The van der Waals surface area contributed by atoms with E-state index in [0.717, 1.165) is 36.3 Å². The molecule has 1 unspecified atom stereocenters. The molecule has 3 rings (SSSR count). The lowest BCUT2D eigenvalue weighted by Gasteiger charge is -2.12. The maximum atomic E-state index is 6.27. The summed E-state index contributed by atoms with van der Waals surface area (Å²) in [6.07, 6.45) is 6.26. The van der Waals surface area contributed by atoms with Gasteiger partial charge in [-0.1, -0.05) is 17.7 Å². The standard InChI is InChI=1S/C15H20ClNO/c16-14-9-12(8-13-2-1-7-17-13)5-6-15(14)18-10-11-3-4-11/h5-6,9,11,13,17H,1-4,7-8,10H2. The van der Waals surface area contributed by atoms with Crippen molar-refractivity contribution in [3.05, 3.63) is 28.8 Å². The van der Waals surface area contributed by atoms with Gasteiger partial charge in [0, 0.05) is 6.04 Å². The van der Waals surface area contributed by atoms with Crippen LogP contribution >= 0.6 is 11.6 Å². The molecule has 1 aliphatic carbocycles. The fraction of sp³-hybridized carbons (Fsp3) is 0.600. The van der Waals surface area contributed by atoms with Crippen LogP contribution < -0.4 is 10.1 Å². The maximum absolute atomic E-state index is 6.27. The first-order valence-electron chi connectivity index (χ1n) is 6.96. The molecule has 2 nitrogen and oxygen atoms in total. The Morgan fingerprint density at radius 2 is 2.17 bits per heavy atom. The number of nitrogens with one attached hydrogen (secondary N) is 1. The molecular formula is C15H20ClNO. The highest BCUT2D eigenvalue weighted by atomic mass is 35.5. The number of hydrogen-bond donors (Lipinski definition) is 1. The van der Waals surface area contributed by atoms with E-state index >= 15 is 0 Å². The van der Waals surface area contributed by atoms with Gasteiger partial charge in [0.15, 0.2) is 0 Å². The largest absolute Gasteiger partial charge is 0.492 e. The molecule has 0 spiro atoms. The summed E-state index contributed by atoms with van der Waals surface area (Å²) in [7, 11) is 0. The van der Waals surface area contributed by atoms with E-state index in [9.17, 15) is 0 Å². The zero-order valence-corrected chi connectivity index (χ0v) is 11.4. The topological polar surface area (TPSA) is 21.3 Å². The van der Waals surface area contributed by atoms with Crippen LogP contribution in [-0.2, 0) is 6.42 Å². The van der Waals surface area contributed by atoms with Crippen LogP contribution in [0.5, 0.6) is 5.75 Å². The van der Waals surface area contributed by atoms with Crippen molar-refractivity contribution in [2.45, 2.75) is 38.1 Å². The van der Waals surface area contributed by atoms with Crippen molar-refractivity contribution in [2.75, 3.05) is 13.2 Å². The highest BCUT2D eigenvalue weighted by molar-refractivity contribution is 6.32. The van der Waals surface area contributed by atoms with Gasteiger partial charge in [-0.3, -0.25) is 0 Å². The molecule has 1 N–H and O–H groups in total. The van der Waals surface area contributed by atoms with Gasteiger partial charge in [-0.2, -0.15) is 0 Å². The third-order valence-corrected chi connectivity index (χ3v) is 4.11. The van der Waals surface area contributed by atoms with Gasteiger partial charge in [0.25, 0.3) is 0 Å². The molecule has 1 aliphatic heterocycles. The van der Waals surface area contributed by atoms with Gasteiger partial charge in [-0.25, -0.2) is 0 Å². The third kappa shape index (κ3) is 3.18. The Bertz CT molecular complexity index is 411. The fourth-order valence-corrected chi connectivity index (χ4v) is 2.75. The van der Waals surface area contributed by atoms with Crippen molar-refractivity contribution in [3.8, 4) is 5.75 Å². The maximum Gasteiger partial charge on any atom is 0.137 e. The van der Waals surface area contributed by atoms with Gasteiger partial charge >= 0.3 is 0 Å². The summed E-state index contributed by atoms with van der Waals surface area (Å²) in [4.78, 5) is 0. The first-order chi connectivity index (χ1) is 8.81. The molecule has 0 amide bonds. The number of hydrogen-bond acceptors (Lipinski definition) is 2.